The van der Waals surface area contributed by atoms with Crippen LogP contribution in [0.4, 0.5) is 11.8 Å². The quantitative estimate of drug-likeness (QED) is 0.837. The lowest BCUT2D eigenvalue weighted by atomic mass is 10.3. The zero-order valence-corrected chi connectivity index (χ0v) is 13.4. The van der Waals surface area contributed by atoms with Crippen LogP contribution in [0.2, 0.25) is 0 Å². The average Bonchev–Trinajstić information content (AvgIpc) is 3.10. The van der Waals surface area contributed by atoms with Crippen molar-refractivity contribution >= 4 is 29.1 Å². The molecule has 1 aromatic rings. The molecule has 0 bridgehead atoms. The van der Waals surface area contributed by atoms with Crippen LogP contribution in [-0.2, 0) is 0 Å². The van der Waals surface area contributed by atoms with E-state index >= 15 is 0 Å². The fraction of sp³-hybridized carbons (Fsp3) is 0.667. The summed E-state index contributed by atoms with van der Waals surface area (Å²) in [4.78, 5) is 11.4. The van der Waals surface area contributed by atoms with Crippen molar-refractivity contribution < 1.29 is 0 Å². The van der Waals surface area contributed by atoms with Gasteiger partial charge in [-0.2, -0.15) is 4.98 Å². The largest absolute Gasteiger partial charge is 0.360 e. The molecule has 1 saturated carbocycles. The van der Waals surface area contributed by atoms with Gasteiger partial charge in [0.05, 0.1) is 0 Å². The molecule has 1 aliphatic carbocycles. The van der Waals surface area contributed by atoms with Gasteiger partial charge in [-0.05, 0) is 44.8 Å². The van der Waals surface area contributed by atoms with Crippen LogP contribution >= 0.6 is 12.2 Å². The first-order valence-corrected chi connectivity index (χ1v) is 8.30. The van der Waals surface area contributed by atoms with E-state index < -0.39 is 0 Å². The number of hydrogen-bond acceptors (Lipinski definition) is 4. The van der Waals surface area contributed by atoms with E-state index in [-0.39, 0.29) is 0 Å². The number of anilines is 2. The van der Waals surface area contributed by atoms with Crippen molar-refractivity contribution in [3.63, 3.8) is 0 Å². The van der Waals surface area contributed by atoms with E-state index in [2.05, 4.69) is 25.5 Å². The highest BCUT2D eigenvalue weighted by atomic mass is 32.1. The van der Waals surface area contributed by atoms with Gasteiger partial charge in [-0.1, -0.05) is 12.8 Å². The summed E-state index contributed by atoms with van der Waals surface area (Å²) in [6.45, 7) is 4.17. The fourth-order valence-corrected chi connectivity index (χ4v) is 3.37. The third kappa shape index (κ3) is 3.81. The molecule has 0 aromatic carbocycles. The Morgan fingerprint density at radius 2 is 1.90 bits per heavy atom. The van der Waals surface area contributed by atoms with Crippen LogP contribution in [0.25, 0.3) is 0 Å². The van der Waals surface area contributed by atoms with Crippen LogP contribution in [-0.4, -0.2) is 34.2 Å². The lowest BCUT2D eigenvalue weighted by Crippen LogP contribution is -2.36. The van der Waals surface area contributed by atoms with Crippen molar-refractivity contribution in [1.82, 2.24) is 15.3 Å². The summed E-state index contributed by atoms with van der Waals surface area (Å²) in [7, 11) is 0. The number of thiocarbonyl (C=S) groups is 1. The van der Waals surface area contributed by atoms with Crippen molar-refractivity contribution in [2.45, 2.75) is 51.5 Å². The van der Waals surface area contributed by atoms with E-state index in [0.717, 1.165) is 24.6 Å². The summed E-state index contributed by atoms with van der Waals surface area (Å²) < 4.78 is 0. The van der Waals surface area contributed by atoms with Gasteiger partial charge in [0.15, 0.2) is 5.11 Å². The summed E-state index contributed by atoms with van der Waals surface area (Å²) in [5.74, 6) is 1.61. The fourth-order valence-electron chi connectivity index (χ4n) is 3.11. The molecule has 0 atom stereocenters. The average molecular weight is 305 g/mol. The zero-order valence-electron chi connectivity index (χ0n) is 12.6. The van der Waals surface area contributed by atoms with Gasteiger partial charge in [0, 0.05) is 30.9 Å². The highest BCUT2D eigenvalue weighted by Crippen LogP contribution is 2.20. The van der Waals surface area contributed by atoms with Gasteiger partial charge >= 0.3 is 0 Å². The molecule has 2 fully saturated rings. The summed E-state index contributed by atoms with van der Waals surface area (Å²) in [6.07, 6.45) is 7.48. The third-order valence-electron chi connectivity index (χ3n) is 4.19. The molecule has 0 unspecified atom stereocenters. The number of aromatic nitrogens is 2. The maximum atomic E-state index is 5.38. The van der Waals surface area contributed by atoms with E-state index in [1.807, 2.05) is 13.0 Å². The summed E-state index contributed by atoms with van der Waals surface area (Å²) in [5.41, 5.74) is 0.970. The molecule has 6 heteroatoms. The molecular weight excluding hydrogens is 282 g/mol. The Kier molecular flexibility index (Phi) is 4.53. The summed E-state index contributed by atoms with van der Waals surface area (Å²) >= 11 is 5.38. The third-order valence-corrected chi connectivity index (χ3v) is 4.41. The first kappa shape index (κ1) is 14.5. The number of aryl methyl sites for hydroxylation is 1. The van der Waals surface area contributed by atoms with E-state index in [1.165, 1.54) is 38.5 Å². The Bertz CT molecular complexity index is 507. The van der Waals surface area contributed by atoms with Crippen molar-refractivity contribution in [3.8, 4) is 0 Å². The van der Waals surface area contributed by atoms with E-state index in [0.29, 0.717) is 17.1 Å². The molecule has 1 aliphatic heterocycles. The van der Waals surface area contributed by atoms with Crippen LogP contribution in [0.15, 0.2) is 6.07 Å². The van der Waals surface area contributed by atoms with E-state index in [4.69, 9.17) is 12.2 Å². The molecule has 0 radical (unpaired) electrons. The SMILES string of the molecule is Cc1cc(N2CCCC2)nc(NC(=S)NC2CCCC2)n1. The smallest absolute Gasteiger partial charge is 0.231 e. The molecule has 114 valence electrons. The lowest BCUT2D eigenvalue weighted by molar-refractivity contribution is 0.634. The van der Waals surface area contributed by atoms with Crippen molar-refractivity contribution in [1.29, 1.82) is 0 Å². The molecule has 2 aliphatic rings. The standard InChI is InChI=1S/C15H23N5S/c1-11-10-13(20-8-4-5-9-20)18-14(16-11)19-15(21)17-12-6-2-3-7-12/h10,12H,2-9H2,1H3,(H2,16,17,18,19,21). The monoisotopic (exact) mass is 305 g/mol. The molecule has 0 amide bonds. The second-order valence-electron chi connectivity index (χ2n) is 5.97. The van der Waals surface area contributed by atoms with Crippen molar-refractivity contribution in [2.75, 3.05) is 23.3 Å². The number of nitrogens with one attached hydrogen (secondary N) is 2. The minimum absolute atomic E-state index is 0.507. The Morgan fingerprint density at radius 1 is 1.19 bits per heavy atom. The maximum absolute atomic E-state index is 5.38. The van der Waals surface area contributed by atoms with Gasteiger partial charge in [-0.3, -0.25) is 0 Å². The van der Waals surface area contributed by atoms with Crippen LogP contribution in [0.3, 0.4) is 0 Å². The second-order valence-corrected chi connectivity index (χ2v) is 6.37. The molecule has 21 heavy (non-hydrogen) atoms. The molecular formula is C15H23N5S. The van der Waals surface area contributed by atoms with Gasteiger partial charge < -0.3 is 15.5 Å². The normalized spacial score (nSPS) is 19.0. The predicted octanol–water partition coefficient (Wildman–Crippen LogP) is 2.61. The molecule has 5 nitrogen and oxygen atoms in total. The molecule has 0 spiro atoms. The molecule has 3 rings (SSSR count). The number of hydrogen-bond donors (Lipinski definition) is 2. The zero-order chi connectivity index (χ0) is 14.7. The minimum Gasteiger partial charge on any atom is -0.360 e. The first-order chi connectivity index (χ1) is 10.2. The second kappa shape index (κ2) is 6.56. The Labute approximate surface area is 131 Å². The number of rotatable bonds is 3. The predicted molar refractivity (Wildman–Crippen MR) is 89.8 cm³/mol. The van der Waals surface area contributed by atoms with Gasteiger partial charge in [0.2, 0.25) is 5.95 Å². The van der Waals surface area contributed by atoms with E-state index in [9.17, 15) is 0 Å². The maximum Gasteiger partial charge on any atom is 0.231 e. The van der Waals surface area contributed by atoms with Crippen molar-refractivity contribution in [3.05, 3.63) is 11.8 Å². The van der Waals surface area contributed by atoms with Gasteiger partial charge in [0.25, 0.3) is 0 Å². The Hall–Kier alpha value is -1.43. The highest BCUT2D eigenvalue weighted by Gasteiger charge is 2.17. The van der Waals surface area contributed by atoms with E-state index in [1.54, 1.807) is 0 Å². The summed E-state index contributed by atoms with van der Waals surface area (Å²) in [5, 5.41) is 7.15. The van der Waals surface area contributed by atoms with Gasteiger partial charge in [0.1, 0.15) is 5.82 Å². The molecule has 2 N–H and O–H groups in total. The van der Waals surface area contributed by atoms with Crippen LogP contribution in [0, 0.1) is 6.92 Å². The topological polar surface area (TPSA) is 53.1 Å². The first-order valence-electron chi connectivity index (χ1n) is 7.89. The molecule has 1 aromatic heterocycles. The molecule has 1 saturated heterocycles. The highest BCUT2D eigenvalue weighted by molar-refractivity contribution is 7.80. The Morgan fingerprint density at radius 3 is 2.62 bits per heavy atom. The summed E-state index contributed by atoms with van der Waals surface area (Å²) in [6, 6.07) is 2.55. The number of nitrogens with zero attached hydrogens (tertiary/aromatic N) is 3. The Balaban J connectivity index is 1.65. The van der Waals surface area contributed by atoms with Gasteiger partial charge in [-0.15, -0.1) is 0 Å². The lowest BCUT2D eigenvalue weighted by Gasteiger charge is -2.19. The van der Waals surface area contributed by atoms with Crippen molar-refractivity contribution in [2.24, 2.45) is 0 Å². The van der Waals surface area contributed by atoms with Gasteiger partial charge in [-0.25, -0.2) is 4.98 Å². The van der Waals surface area contributed by atoms with Crippen LogP contribution in [0.1, 0.15) is 44.2 Å². The van der Waals surface area contributed by atoms with Crippen LogP contribution < -0.4 is 15.5 Å². The minimum atomic E-state index is 0.507. The van der Waals surface area contributed by atoms with Crippen LogP contribution in [0.5, 0.6) is 0 Å². The molecule has 2 heterocycles.